The molecule has 1 rings (SSSR count). The zero-order chi connectivity index (χ0) is 9.03. The normalized spacial score (nSPS) is 11.9. The molecule has 1 N–H and O–H groups in total. The third-order valence-electron chi connectivity index (χ3n) is 1.42. The fraction of sp³-hybridized carbons (Fsp3) is 0.556. The number of hydrogen-bond acceptors (Lipinski definition) is 2. The van der Waals surface area contributed by atoms with Gasteiger partial charge in [0, 0.05) is 18.0 Å². The molecule has 0 saturated carbocycles. The van der Waals surface area contributed by atoms with Crippen LogP contribution < -0.4 is 5.32 Å². The van der Waals surface area contributed by atoms with E-state index < -0.39 is 5.67 Å². The lowest BCUT2D eigenvalue weighted by molar-refractivity contribution is 0.210. The molecule has 12 heavy (non-hydrogen) atoms. The van der Waals surface area contributed by atoms with Crippen LogP contribution in [0.2, 0.25) is 0 Å². The topological polar surface area (TPSA) is 12.0 Å². The van der Waals surface area contributed by atoms with Gasteiger partial charge in [0.25, 0.3) is 0 Å². The zero-order valence-electron chi connectivity index (χ0n) is 7.43. The van der Waals surface area contributed by atoms with E-state index in [1.165, 1.54) is 4.88 Å². The van der Waals surface area contributed by atoms with Crippen molar-refractivity contribution in [2.75, 3.05) is 6.54 Å². The van der Waals surface area contributed by atoms with Gasteiger partial charge in [0.1, 0.15) is 5.67 Å². The second-order valence-electron chi connectivity index (χ2n) is 3.40. The maximum atomic E-state index is 13.0. The molecule has 0 radical (unpaired) electrons. The largest absolute Gasteiger partial charge is 0.309 e. The number of alkyl halides is 1. The highest BCUT2D eigenvalue weighted by atomic mass is 32.1. The summed E-state index contributed by atoms with van der Waals surface area (Å²) in [6.45, 7) is 4.33. The Morgan fingerprint density at radius 2 is 2.33 bits per heavy atom. The van der Waals surface area contributed by atoms with Gasteiger partial charge in [-0.15, -0.1) is 11.3 Å². The monoisotopic (exact) mass is 187 g/mol. The van der Waals surface area contributed by atoms with E-state index in [1.807, 2.05) is 17.5 Å². The molecule has 0 aromatic carbocycles. The molecule has 0 fully saturated rings. The van der Waals surface area contributed by atoms with Crippen LogP contribution in [0.1, 0.15) is 18.7 Å². The molecule has 1 nitrogen and oxygen atoms in total. The summed E-state index contributed by atoms with van der Waals surface area (Å²) in [7, 11) is 0. The smallest absolute Gasteiger partial charge is 0.117 e. The van der Waals surface area contributed by atoms with Crippen LogP contribution in [0.4, 0.5) is 4.39 Å². The van der Waals surface area contributed by atoms with Gasteiger partial charge in [0.05, 0.1) is 0 Å². The molecular weight excluding hydrogens is 173 g/mol. The van der Waals surface area contributed by atoms with Crippen molar-refractivity contribution in [3.8, 4) is 0 Å². The third-order valence-corrected chi connectivity index (χ3v) is 2.30. The molecule has 0 saturated heterocycles. The highest BCUT2D eigenvalue weighted by Gasteiger charge is 2.13. The number of thiophene rings is 1. The summed E-state index contributed by atoms with van der Waals surface area (Å²) in [4.78, 5) is 1.25. The first-order chi connectivity index (χ1) is 5.58. The molecule has 1 aromatic heterocycles. The van der Waals surface area contributed by atoms with Crippen molar-refractivity contribution in [2.24, 2.45) is 0 Å². The Balaban J connectivity index is 2.20. The maximum Gasteiger partial charge on any atom is 0.117 e. The van der Waals surface area contributed by atoms with Crippen molar-refractivity contribution in [1.82, 2.24) is 5.32 Å². The molecule has 0 aliphatic carbocycles. The van der Waals surface area contributed by atoms with E-state index in [2.05, 4.69) is 5.32 Å². The van der Waals surface area contributed by atoms with E-state index in [0.29, 0.717) is 6.54 Å². The number of nitrogens with one attached hydrogen (secondary N) is 1. The SMILES string of the molecule is CC(C)(F)CNCc1cccs1. The minimum atomic E-state index is -1.11. The molecular formula is C9H14FNS. The lowest BCUT2D eigenvalue weighted by Gasteiger charge is -2.13. The molecule has 0 spiro atoms. The van der Waals surface area contributed by atoms with Crippen LogP contribution in [0.25, 0.3) is 0 Å². The predicted octanol–water partition coefficient (Wildman–Crippen LogP) is 2.59. The first-order valence-electron chi connectivity index (χ1n) is 4.00. The van der Waals surface area contributed by atoms with E-state index in [0.717, 1.165) is 6.54 Å². The maximum absolute atomic E-state index is 13.0. The standard InChI is InChI=1S/C9H14FNS/c1-9(2,10)7-11-6-8-4-3-5-12-8/h3-5,11H,6-7H2,1-2H3. The first-order valence-corrected chi connectivity index (χ1v) is 4.88. The van der Waals surface area contributed by atoms with E-state index in [1.54, 1.807) is 25.2 Å². The van der Waals surface area contributed by atoms with Gasteiger partial charge in [-0.1, -0.05) is 6.07 Å². The van der Waals surface area contributed by atoms with Crippen molar-refractivity contribution < 1.29 is 4.39 Å². The van der Waals surface area contributed by atoms with E-state index in [9.17, 15) is 4.39 Å². The molecule has 0 unspecified atom stereocenters. The van der Waals surface area contributed by atoms with Gasteiger partial charge in [0.15, 0.2) is 0 Å². The number of hydrogen-bond donors (Lipinski definition) is 1. The highest BCUT2D eigenvalue weighted by Crippen LogP contribution is 2.09. The summed E-state index contributed by atoms with van der Waals surface area (Å²) in [6.07, 6.45) is 0. The fourth-order valence-electron chi connectivity index (χ4n) is 0.896. The Labute approximate surface area is 76.6 Å². The second-order valence-corrected chi connectivity index (χ2v) is 4.43. The summed E-state index contributed by atoms with van der Waals surface area (Å²) in [5.74, 6) is 0. The van der Waals surface area contributed by atoms with Gasteiger partial charge in [-0.3, -0.25) is 0 Å². The number of rotatable bonds is 4. The van der Waals surface area contributed by atoms with Crippen LogP contribution in [0, 0.1) is 0 Å². The van der Waals surface area contributed by atoms with Crippen molar-refractivity contribution in [1.29, 1.82) is 0 Å². The molecule has 0 aliphatic rings. The van der Waals surface area contributed by atoms with Crippen LogP contribution >= 0.6 is 11.3 Å². The molecule has 3 heteroatoms. The molecule has 0 atom stereocenters. The van der Waals surface area contributed by atoms with Gasteiger partial charge in [-0.2, -0.15) is 0 Å². The highest BCUT2D eigenvalue weighted by molar-refractivity contribution is 7.09. The van der Waals surface area contributed by atoms with Crippen molar-refractivity contribution in [2.45, 2.75) is 26.1 Å². The Kier molecular flexibility index (Phi) is 3.23. The van der Waals surface area contributed by atoms with E-state index in [-0.39, 0.29) is 0 Å². The zero-order valence-corrected chi connectivity index (χ0v) is 8.25. The second kappa shape index (κ2) is 4.01. The molecule has 0 bridgehead atoms. The minimum absolute atomic E-state index is 0.408. The molecule has 1 heterocycles. The summed E-state index contributed by atoms with van der Waals surface area (Å²) in [5, 5.41) is 5.09. The Morgan fingerprint density at radius 1 is 1.58 bits per heavy atom. The fourth-order valence-corrected chi connectivity index (χ4v) is 1.57. The lowest BCUT2D eigenvalue weighted by atomic mass is 10.2. The van der Waals surface area contributed by atoms with Gasteiger partial charge in [-0.25, -0.2) is 4.39 Å². The summed E-state index contributed by atoms with van der Waals surface area (Å²) < 4.78 is 13.0. The van der Waals surface area contributed by atoms with Crippen LogP contribution in [0.15, 0.2) is 17.5 Å². The Bertz CT molecular complexity index is 213. The first kappa shape index (κ1) is 9.68. The van der Waals surface area contributed by atoms with Crippen LogP contribution in [-0.2, 0) is 6.54 Å². The summed E-state index contributed by atoms with van der Waals surface area (Å²) in [5.41, 5.74) is -1.11. The summed E-state index contributed by atoms with van der Waals surface area (Å²) >= 11 is 1.69. The Morgan fingerprint density at radius 3 is 2.83 bits per heavy atom. The van der Waals surface area contributed by atoms with Gasteiger partial charge < -0.3 is 5.32 Å². The third kappa shape index (κ3) is 3.83. The van der Waals surface area contributed by atoms with Crippen LogP contribution in [0.5, 0.6) is 0 Å². The summed E-state index contributed by atoms with van der Waals surface area (Å²) in [6, 6.07) is 4.05. The number of halogens is 1. The van der Waals surface area contributed by atoms with Crippen molar-refractivity contribution in [3.63, 3.8) is 0 Å². The molecule has 1 aromatic rings. The minimum Gasteiger partial charge on any atom is -0.309 e. The van der Waals surface area contributed by atoms with Crippen LogP contribution in [-0.4, -0.2) is 12.2 Å². The average Bonchev–Trinajstić information content (AvgIpc) is 2.36. The lowest BCUT2D eigenvalue weighted by Crippen LogP contribution is -2.30. The van der Waals surface area contributed by atoms with Gasteiger partial charge in [0.2, 0.25) is 0 Å². The molecule has 0 amide bonds. The Hall–Kier alpha value is -0.410. The quantitative estimate of drug-likeness (QED) is 0.764. The average molecular weight is 187 g/mol. The predicted molar refractivity (Wildman–Crippen MR) is 51.2 cm³/mol. The molecule has 68 valence electrons. The van der Waals surface area contributed by atoms with Crippen LogP contribution in [0.3, 0.4) is 0 Å². The van der Waals surface area contributed by atoms with E-state index in [4.69, 9.17) is 0 Å². The van der Waals surface area contributed by atoms with Gasteiger partial charge >= 0.3 is 0 Å². The molecule has 0 aliphatic heterocycles. The van der Waals surface area contributed by atoms with E-state index >= 15 is 0 Å². The van der Waals surface area contributed by atoms with Gasteiger partial charge in [-0.05, 0) is 25.3 Å². The van der Waals surface area contributed by atoms with Crippen molar-refractivity contribution >= 4 is 11.3 Å². The van der Waals surface area contributed by atoms with Crippen molar-refractivity contribution in [3.05, 3.63) is 22.4 Å².